The van der Waals surface area contributed by atoms with Gasteiger partial charge in [-0.25, -0.2) is 4.98 Å². The molecule has 2 aromatic rings. The lowest BCUT2D eigenvalue weighted by Crippen LogP contribution is -2.47. The van der Waals surface area contributed by atoms with Crippen molar-refractivity contribution in [1.29, 1.82) is 0 Å². The van der Waals surface area contributed by atoms with Crippen LogP contribution in [0.25, 0.3) is 11.0 Å². The third-order valence-electron chi connectivity index (χ3n) is 4.14. The SMILES string of the molecule is O=C1CCC[C@@H](CN2C(=O)c3cnc4[nH]ncc4c3C2=O)N1.[HH]. The van der Waals surface area contributed by atoms with Crippen LogP contribution in [0, 0.1) is 0 Å². The first-order valence-corrected chi connectivity index (χ1v) is 7.13. The van der Waals surface area contributed by atoms with Gasteiger partial charge in [0.1, 0.15) is 0 Å². The quantitative estimate of drug-likeness (QED) is 0.784. The number of carbonyl (C=O) groups is 3. The number of aromatic amines is 1. The van der Waals surface area contributed by atoms with Crippen LogP contribution in [0.2, 0.25) is 0 Å². The van der Waals surface area contributed by atoms with Crippen molar-refractivity contribution in [2.75, 3.05) is 6.54 Å². The van der Waals surface area contributed by atoms with Gasteiger partial charge in [-0.3, -0.25) is 24.4 Å². The van der Waals surface area contributed by atoms with E-state index in [-0.39, 0.29) is 31.7 Å². The van der Waals surface area contributed by atoms with Crippen LogP contribution in [0.3, 0.4) is 0 Å². The first-order valence-electron chi connectivity index (χ1n) is 7.13. The highest BCUT2D eigenvalue weighted by Crippen LogP contribution is 2.28. The Labute approximate surface area is 126 Å². The van der Waals surface area contributed by atoms with E-state index in [1.54, 1.807) is 0 Å². The number of nitrogens with zero attached hydrogens (tertiary/aromatic N) is 3. The normalized spacial score (nSPS) is 21.4. The molecule has 0 spiro atoms. The Morgan fingerprint density at radius 3 is 2.95 bits per heavy atom. The molecule has 1 atom stereocenters. The molecular formula is C14H15N5O3. The molecule has 4 rings (SSSR count). The molecule has 1 fully saturated rings. The Kier molecular flexibility index (Phi) is 2.72. The van der Waals surface area contributed by atoms with E-state index in [0.29, 0.717) is 28.6 Å². The molecule has 3 amide bonds. The summed E-state index contributed by atoms with van der Waals surface area (Å²) in [6.45, 7) is 0.192. The maximum absolute atomic E-state index is 12.6. The molecule has 8 heteroatoms. The predicted octanol–water partition coefficient (Wildman–Crippen LogP) is 0.469. The number of pyridine rings is 1. The number of amides is 3. The summed E-state index contributed by atoms with van der Waals surface area (Å²) in [5.74, 6) is -0.754. The molecule has 8 nitrogen and oxygen atoms in total. The summed E-state index contributed by atoms with van der Waals surface area (Å²) in [5, 5.41) is 9.92. The fourth-order valence-electron chi connectivity index (χ4n) is 3.07. The summed E-state index contributed by atoms with van der Waals surface area (Å²) >= 11 is 0. The highest BCUT2D eigenvalue weighted by molar-refractivity contribution is 6.25. The van der Waals surface area contributed by atoms with E-state index in [1.165, 1.54) is 17.3 Å². The van der Waals surface area contributed by atoms with Crippen LogP contribution in [0.15, 0.2) is 12.4 Å². The summed E-state index contributed by atoms with van der Waals surface area (Å²) < 4.78 is 0. The fourth-order valence-corrected chi connectivity index (χ4v) is 3.07. The van der Waals surface area contributed by atoms with Gasteiger partial charge in [-0.15, -0.1) is 0 Å². The van der Waals surface area contributed by atoms with Crippen LogP contribution < -0.4 is 5.32 Å². The molecular weight excluding hydrogens is 286 g/mol. The number of carbonyl (C=O) groups excluding carboxylic acids is 3. The maximum atomic E-state index is 12.6. The van der Waals surface area contributed by atoms with Crippen molar-refractivity contribution in [2.24, 2.45) is 0 Å². The number of rotatable bonds is 2. The fraction of sp³-hybridized carbons (Fsp3) is 0.357. The number of H-pyrrole nitrogens is 1. The van der Waals surface area contributed by atoms with Gasteiger partial charge in [0.2, 0.25) is 5.91 Å². The number of piperidine rings is 1. The number of imide groups is 1. The largest absolute Gasteiger partial charge is 0.352 e. The van der Waals surface area contributed by atoms with E-state index in [2.05, 4.69) is 20.5 Å². The van der Waals surface area contributed by atoms with Crippen LogP contribution in [0.1, 0.15) is 41.4 Å². The maximum Gasteiger partial charge on any atom is 0.263 e. The van der Waals surface area contributed by atoms with Crippen LogP contribution in [-0.4, -0.2) is 50.4 Å². The van der Waals surface area contributed by atoms with Crippen LogP contribution in [0.4, 0.5) is 0 Å². The zero-order chi connectivity index (χ0) is 15.3. The summed E-state index contributed by atoms with van der Waals surface area (Å²) in [4.78, 5) is 41.8. The van der Waals surface area contributed by atoms with Gasteiger partial charge in [0, 0.05) is 26.6 Å². The average molecular weight is 301 g/mol. The number of hydrogen-bond acceptors (Lipinski definition) is 5. The lowest BCUT2D eigenvalue weighted by molar-refractivity contribution is -0.123. The van der Waals surface area contributed by atoms with E-state index in [0.717, 1.165) is 12.8 Å². The Morgan fingerprint density at radius 1 is 1.27 bits per heavy atom. The molecule has 0 aliphatic carbocycles. The molecule has 2 aromatic heterocycles. The Morgan fingerprint density at radius 2 is 2.14 bits per heavy atom. The minimum absolute atomic E-state index is 0. The molecule has 0 unspecified atom stereocenters. The van der Waals surface area contributed by atoms with Crippen molar-refractivity contribution in [1.82, 2.24) is 25.4 Å². The molecule has 0 radical (unpaired) electrons. The molecule has 0 saturated carbocycles. The van der Waals surface area contributed by atoms with E-state index in [1.807, 2.05) is 0 Å². The Balaban J connectivity index is 0.00000156. The van der Waals surface area contributed by atoms with Gasteiger partial charge in [-0.2, -0.15) is 5.10 Å². The topological polar surface area (TPSA) is 108 Å². The molecule has 2 aliphatic rings. The molecule has 1 saturated heterocycles. The van der Waals surface area contributed by atoms with E-state index < -0.39 is 0 Å². The minimum Gasteiger partial charge on any atom is -0.352 e. The lowest BCUT2D eigenvalue weighted by Gasteiger charge is -2.26. The van der Waals surface area contributed by atoms with Crippen molar-refractivity contribution in [3.63, 3.8) is 0 Å². The molecule has 2 N–H and O–H groups in total. The number of fused-ring (bicyclic) bond motifs is 3. The zero-order valence-electron chi connectivity index (χ0n) is 11.6. The number of aromatic nitrogens is 3. The highest BCUT2D eigenvalue weighted by atomic mass is 16.2. The van der Waals surface area contributed by atoms with Crippen molar-refractivity contribution < 1.29 is 15.8 Å². The standard InChI is InChI=1S/C14H13N5O3.H2/c20-10-3-1-2-7(17-10)6-19-13(21)9-4-15-12-8(5-16-18-12)11(9)14(19)22;/h4-5,7H,1-3,6H2,(H,17,20)(H,15,16,18);1H/t7-;/m0./s1. The zero-order valence-corrected chi connectivity index (χ0v) is 11.6. The van der Waals surface area contributed by atoms with Crippen molar-refractivity contribution >= 4 is 28.8 Å². The first kappa shape index (κ1) is 12.9. The summed E-state index contributed by atoms with van der Waals surface area (Å²) in [6.07, 6.45) is 4.93. The Bertz CT molecular complexity index is 818. The molecule has 22 heavy (non-hydrogen) atoms. The van der Waals surface area contributed by atoms with Crippen molar-refractivity contribution in [2.45, 2.75) is 25.3 Å². The van der Waals surface area contributed by atoms with Crippen LogP contribution >= 0.6 is 0 Å². The number of hydrogen-bond donors (Lipinski definition) is 2. The van der Waals surface area contributed by atoms with E-state index >= 15 is 0 Å². The second-order valence-electron chi connectivity index (χ2n) is 5.56. The lowest BCUT2D eigenvalue weighted by atomic mass is 10.0. The van der Waals surface area contributed by atoms with Crippen molar-refractivity contribution in [3.8, 4) is 0 Å². The molecule has 0 bridgehead atoms. The van der Waals surface area contributed by atoms with E-state index in [9.17, 15) is 14.4 Å². The van der Waals surface area contributed by atoms with Gasteiger partial charge in [0.15, 0.2) is 5.65 Å². The van der Waals surface area contributed by atoms with Gasteiger partial charge in [-0.05, 0) is 12.8 Å². The van der Waals surface area contributed by atoms with Crippen molar-refractivity contribution in [3.05, 3.63) is 23.5 Å². The van der Waals surface area contributed by atoms with Gasteiger partial charge >= 0.3 is 0 Å². The van der Waals surface area contributed by atoms with Gasteiger partial charge in [0.05, 0.1) is 22.7 Å². The molecule has 2 aliphatic heterocycles. The highest BCUT2D eigenvalue weighted by Gasteiger charge is 2.39. The van der Waals surface area contributed by atoms with Gasteiger partial charge < -0.3 is 5.32 Å². The number of nitrogens with one attached hydrogen (secondary N) is 2. The van der Waals surface area contributed by atoms with Crippen LogP contribution in [0.5, 0.6) is 0 Å². The average Bonchev–Trinajstić information content (AvgIpc) is 3.06. The summed E-state index contributed by atoms with van der Waals surface area (Å²) in [5.41, 5.74) is 1.11. The van der Waals surface area contributed by atoms with Gasteiger partial charge in [-0.1, -0.05) is 0 Å². The van der Waals surface area contributed by atoms with Gasteiger partial charge in [0.25, 0.3) is 11.8 Å². The molecule has 114 valence electrons. The smallest absolute Gasteiger partial charge is 0.263 e. The first-order chi connectivity index (χ1) is 10.6. The predicted molar refractivity (Wildman–Crippen MR) is 77.2 cm³/mol. The molecule has 0 aromatic carbocycles. The summed E-state index contributed by atoms with van der Waals surface area (Å²) in [7, 11) is 0. The minimum atomic E-state index is -0.365. The second kappa shape index (κ2) is 4.62. The third-order valence-corrected chi connectivity index (χ3v) is 4.14. The van der Waals surface area contributed by atoms with Crippen LogP contribution in [-0.2, 0) is 4.79 Å². The monoisotopic (exact) mass is 301 g/mol. The molecule has 4 heterocycles. The Hall–Kier alpha value is -2.77. The summed E-state index contributed by atoms with van der Waals surface area (Å²) in [6, 6.07) is -0.184. The third kappa shape index (κ3) is 1.80. The van der Waals surface area contributed by atoms with E-state index in [4.69, 9.17) is 0 Å². The second-order valence-corrected chi connectivity index (χ2v) is 5.56.